The minimum Gasteiger partial charge on any atom is -0.499 e. The number of rotatable bonds is 7. The van der Waals surface area contributed by atoms with Crippen LogP contribution in [0.3, 0.4) is 0 Å². The molecular formula is C20H34N2O5. The Labute approximate surface area is 162 Å². The SMILES string of the molecule is COC1=CC(=O)N(C(=O)C(CC(C)C)NC(=O)OC(C)(C)C)[C@H]1CC(C)C. The molecule has 0 aromatic carbocycles. The summed E-state index contributed by atoms with van der Waals surface area (Å²) in [5.74, 6) is 0.0282. The lowest BCUT2D eigenvalue weighted by atomic mass is 9.99. The van der Waals surface area contributed by atoms with Crippen LogP contribution in [0.2, 0.25) is 0 Å². The van der Waals surface area contributed by atoms with Crippen molar-refractivity contribution >= 4 is 17.9 Å². The van der Waals surface area contributed by atoms with Crippen LogP contribution < -0.4 is 5.32 Å². The molecule has 1 aliphatic rings. The van der Waals surface area contributed by atoms with Gasteiger partial charge < -0.3 is 14.8 Å². The number of ether oxygens (including phenoxy) is 2. The first-order chi connectivity index (χ1) is 12.4. The molecule has 1 N–H and O–H groups in total. The Kier molecular flexibility index (Phi) is 7.87. The fourth-order valence-corrected chi connectivity index (χ4v) is 3.00. The van der Waals surface area contributed by atoms with Crippen molar-refractivity contribution in [3.8, 4) is 0 Å². The number of methoxy groups -OCH3 is 1. The van der Waals surface area contributed by atoms with Gasteiger partial charge in [-0.25, -0.2) is 4.79 Å². The van der Waals surface area contributed by atoms with Gasteiger partial charge in [0.1, 0.15) is 17.4 Å². The third-order valence-electron chi connectivity index (χ3n) is 4.01. The summed E-state index contributed by atoms with van der Waals surface area (Å²) < 4.78 is 10.6. The third-order valence-corrected chi connectivity index (χ3v) is 4.01. The molecule has 154 valence electrons. The number of amides is 3. The van der Waals surface area contributed by atoms with Crippen molar-refractivity contribution in [1.29, 1.82) is 0 Å². The summed E-state index contributed by atoms with van der Waals surface area (Å²) in [5, 5.41) is 2.64. The predicted octanol–water partition coefficient (Wildman–Crippen LogP) is 3.24. The van der Waals surface area contributed by atoms with E-state index in [1.54, 1.807) is 20.8 Å². The molecule has 0 spiro atoms. The van der Waals surface area contributed by atoms with Crippen molar-refractivity contribution in [2.45, 2.75) is 79.0 Å². The monoisotopic (exact) mass is 382 g/mol. The Morgan fingerprint density at radius 2 is 1.78 bits per heavy atom. The lowest BCUT2D eigenvalue weighted by Gasteiger charge is -2.31. The van der Waals surface area contributed by atoms with Crippen LogP contribution in [-0.4, -0.2) is 47.6 Å². The molecule has 0 saturated carbocycles. The summed E-state index contributed by atoms with van der Waals surface area (Å²) in [7, 11) is 1.49. The molecule has 7 heteroatoms. The standard InChI is InChI=1S/C20H34N2O5/c1-12(2)9-14(21-19(25)27-20(5,6)7)18(24)22-15(10-13(3)4)16(26-8)11-17(22)23/h11-15H,9-10H2,1-8H3,(H,21,25)/t14?,15-/m0/s1. The van der Waals surface area contributed by atoms with Crippen LogP contribution in [-0.2, 0) is 19.1 Å². The molecule has 0 aliphatic carbocycles. The van der Waals surface area contributed by atoms with Crippen molar-refractivity contribution in [1.82, 2.24) is 10.2 Å². The predicted molar refractivity (Wildman–Crippen MR) is 103 cm³/mol. The minimum absolute atomic E-state index is 0.144. The van der Waals surface area contributed by atoms with Gasteiger partial charge in [-0.2, -0.15) is 0 Å². The Morgan fingerprint density at radius 3 is 2.22 bits per heavy atom. The third kappa shape index (κ3) is 6.88. The second-order valence-corrected chi connectivity index (χ2v) is 8.77. The molecular weight excluding hydrogens is 348 g/mol. The van der Waals surface area contributed by atoms with E-state index in [0.29, 0.717) is 18.6 Å². The highest BCUT2D eigenvalue weighted by molar-refractivity contribution is 6.06. The largest absolute Gasteiger partial charge is 0.499 e. The van der Waals surface area contributed by atoms with E-state index in [4.69, 9.17) is 9.47 Å². The van der Waals surface area contributed by atoms with E-state index < -0.39 is 35.6 Å². The van der Waals surface area contributed by atoms with Gasteiger partial charge in [0.2, 0.25) is 0 Å². The number of alkyl carbamates (subject to hydrolysis) is 1. The molecule has 0 radical (unpaired) electrons. The quantitative estimate of drug-likeness (QED) is 0.731. The fourth-order valence-electron chi connectivity index (χ4n) is 3.00. The number of hydrogen-bond acceptors (Lipinski definition) is 5. The lowest BCUT2D eigenvalue weighted by molar-refractivity contribution is -0.145. The second-order valence-electron chi connectivity index (χ2n) is 8.77. The maximum atomic E-state index is 13.2. The zero-order chi connectivity index (χ0) is 20.9. The van der Waals surface area contributed by atoms with Crippen molar-refractivity contribution in [2.24, 2.45) is 11.8 Å². The molecule has 1 unspecified atom stereocenters. The number of carbonyl (C=O) groups is 3. The van der Waals surface area contributed by atoms with Crippen LogP contribution in [0.25, 0.3) is 0 Å². The fraction of sp³-hybridized carbons (Fsp3) is 0.750. The second kappa shape index (κ2) is 9.24. The first-order valence-electron chi connectivity index (χ1n) is 9.47. The molecule has 1 heterocycles. The first-order valence-corrected chi connectivity index (χ1v) is 9.47. The molecule has 1 aliphatic heterocycles. The summed E-state index contributed by atoms with van der Waals surface area (Å²) in [4.78, 5) is 39.1. The van der Waals surface area contributed by atoms with Crippen LogP contribution in [0.15, 0.2) is 11.8 Å². The van der Waals surface area contributed by atoms with Gasteiger partial charge in [0, 0.05) is 6.08 Å². The molecule has 0 aromatic heterocycles. The van der Waals surface area contributed by atoms with Crippen molar-refractivity contribution < 1.29 is 23.9 Å². The van der Waals surface area contributed by atoms with Crippen LogP contribution in [0.1, 0.15) is 61.3 Å². The first kappa shape index (κ1) is 23.0. The molecule has 0 bridgehead atoms. The highest BCUT2D eigenvalue weighted by Gasteiger charge is 2.41. The summed E-state index contributed by atoms with van der Waals surface area (Å²) in [6.45, 7) is 13.2. The maximum Gasteiger partial charge on any atom is 0.408 e. The lowest BCUT2D eigenvalue weighted by Crippen LogP contribution is -2.53. The average molecular weight is 383 g/mol. The van der Waals surface area contributed by atoms with Gasteiger partial charge in [0.25, 0.3) is 11.8 Å². The Bertz CT molecular complexity index is 590. The summed E-state index contributed by atoms with van der Waals surface area (Å²) >= 11 is 0. The van der Waals surface area contributed by atoms with Gasteiger partial charge in [0.05, 0.1) is 13.2 Å². The number of imide groups is 1. The van der Waals surface area contributed by atoms with E-state index in [2.05, 4.69) is 5.32 Å². The average Bonchev–Trinajstić information content (AvgIpc) is 2.78. The van der Waals surface area contributed by atoms with E-state index >= 15 is 0 Å². The van der Waals surface area contributed by atoms with Crippen LogP contribution >= 0.6 is 0 Å². The van der Waals surface area contributed by atoms with Crippen molar-refractivity contribution in [2.75, 3.05) is 7.11 Å². The van der Waals surface area contributed by atoms with Gasteiger partial charge in [-0.3, -0.25) is 14.5 Å². The molecule has 2 atom stereocenters. The summed E-state index contributed by atoms with van der Waals surface area (Å²) in [6.07, 6.45) is 1.68. The van der Waals surface area contributed by atoms with Crippen LogP contribution in [0, 0.1) is 11.8 Å². The minimum atomic E-state index is -0.844. The van der Waals surface area contributed by atoms with E-state index in [1.165, 1.54) is 18.1 Å². The molecule has 0 fully saturated rings. The smallest absolute Gasteiger partial charge is 0.408 e. The highest BCUT2D eigenvalue weighted by Crippen LogP contribution is 2.27. The van der Waals surface area contributed by atoms with Crippen LogP contribution in [0.4, 0.5) is 4.79 Å². The summed E-state index contributed by atoms with van der Waals surface area (Å²) in [5.41, 5.74) is -0.677. The van der Waals surface area contributed by atoms with Crippen molar-refractivity contribution in [3.05, 3.63) is 11.8 Å². The summed E-state index contributed by atoms with van der Waals surface area (Å²) in [6, 6.07) is -1.30. The number of nitrogens with zero attached hydrogens (tertiary/aromatic N) is 1. The number of hydrogen-bond donors (Lipinski definition) is 1. The highest BCUT2D eigenvalue weighted by atomic mass is 16.6. The molecule has 7 nitrogen and oxygen atoms in total. The number of carbonyl (C=O) groups excluding carboxylic acids is 3. The normalized spacial score (nSPS) is 18.6. The molecule has 1 rings (SSSR count). The topological polar surface area (TPSA) is 84.9 Å². The maximum absolute atomic E-state index is 13.2. The van der Waals surface area contributed by atoms with Crippen LogP contribution in [0.5, 0.6) is 0 Å². The van der Waals surface area contributed by atoms with E-state index in [-0.39, 0.29) is 11.8 Å². The Balaban J connectivity index is 3.05. The number of nitrogens with one attached hydrogen (secondary N) is 1. The van der Waals surface area contributed by atoms with Gasteiger partial charge >= 0.3 is 6.09 Å². The Hall–Kier alpha value is -2.05. The van der Waals surface area contributed by atoms with E-state index in [1.807, 2.05) is 27.7 Å². The molecule has 27 heavy (non-hydrogen) atoms. The zero-order valence-electron chi connectivity index (χ0n) is 17.8. The van der Waals surface area contributed by atoms with Gasteiger partial charge in [-0.15, -0.1) is 0 Å². The molecule has 0 aromatic rings. The van der Waals surface area contributed by atoms with Gasteiger partial charge in [-0.1, -0.05) is 27.7 Å². The van der Waals surface area contributed by atoms with Crippen molar-refractivity contribution in [3.63, 3.8) is 0 Å². The molecule has 3 amide bonds. The Morgan fingerprint density at radius 1 is 1.19 bits per heavy atom. The van der Waals surface area contributed by atoms with Gasteiger partial charge in [-0.05, 0) is 45.4 Å². The van der Waals surface area contributed by atoms with E-state index in [0.717, 1.165) is 0 Å². The molecule has 0 saturated heterocycles. The zero-order valence-corrected chi connectivity index (χ0v) is 17.8. The van der Waals surface area contributed by atoms with E-state index in [9.17, 15) is 14.4 Å². The van der Waals surface area contributed by atoms with Gasteiger partial charge in [0.15, 0.2) is 0 Å².